The summed E-state index contributed by atoms with van der Waals surface area (Å²) in [5.74, 6) is 0.698. The zero-order valence-electron chi connectivity index (χ0n) is 17.2. The van der Waals surface area contributed by atoms with Gasteiger partial charge in [0.05, 0.1) is 5.92 Å². The molecule has 2 aliphatic heterocycles. The molecule has 1 atom stereocenters. The standard InChI is InChI=1S/C22H23N5O2.ClH/c1-11-6-12(2)19-16(22(28)25-17(19)7-11)8-18-26-21(27-29-18)20-13(3)24-10-14-9-23-5-4-15(14)20;/h6-7,10,16,23H,4-5,8-9H2,1-3H3,(H,25,28);1H. The number of aromatic nitrogens is 3. The molecule has 3 aromatic rings. The molecule has 4 heterocycles. The van der Waals surface area contributed by atoms with Crippen LogP contribution in [0.1, 0.15) is 45.3 Å². The van der Waals surface area contributed by atoms with Gasteiger partial charge in [0.1, 0.15) is 0 Å². The Morgan fingerprint density at radius 1 is 1.23 bits per heavy atom. The number of carbonyl (C=O) groups is 1. The van der Waals surface area contributed by atoms with Crippen molar-refractivity contribution >= 4 is 24.0 Å². The zero-order valence-corrected chi connectivity index (χ0v) is 18.0. The van der Waals surface area contributed by atoms with Crippen LogP contribution in [0.3, 0.4) is 0 Å². The summed E-state index contributed by atoms with van der Waals surface area (Å²) in [5, 5.41) is 10.6. The van der Waals surface area contributed by atoms with Crippen molar-refractivity contribution in [3.8, 4) is 11.4 Å². The van der Waals surface area contributed by atoms with Gasteiger partial charge in [0.25, 0.3) is 0 Å². The molecule has 30 heavy (non-hydrogen) atoms. The van der Waals surface area contributed by atoms with Crippen LogP contribution in [0.5, 0.6) is 0 Å². The third kappa shape index (κ3) is 3.38. The van der Waals surface area contributed by atoms with Crippen molar-refractivity contribution in [3.63, 3.8) is 0 Å². The van der Waals surface area contributed by atoms with Gasteiger partial charge >= 0.3 is 0 Å². The van der Waals surface area contributed by atoms with E-state index in [2.05, 4.69) is 31.8 Å². The molecule has 0 bridgehead atoms. The number of hydrogen-bond donors (Lipinski definition) is 2. The minimum absolute atomic E-state index is 0. The molecule has 2 aromatic heterocycles. The van der Waals surface area contributed by atoms with Crippen molar-refractivity contribution in [2.75, 3.05) is 11.9 Å². The van der Waals surface area contributed by atoms with Crippen LogP contribution in [0.2, 0.25) is 0 Å². The number of rotatable bonds is 3. The number of nitrogens with zero attached hydrogens (tertiary/aromatic N) is 3. The van der Waals surface area contributed by atoms with E-state index in [4.69, 9.17) is 4.52 Å². The van der Waals surface area contributed by atoms with Gasteiger partial charge < -0.3 is 15.2 Å². The Morgan fingerprint density at radius 3 is 2.90 bits per heavy atom. The van der Waals surface area contributed by atoms with E-state index < -0.39 is 0 Å². The lowest BCUT2D eigenvalue weighted by atomic mass is 9.92. The van der Waals surface area contributed by atoms with Crippen LogP contribution in [-0.2, 0) is 24.2 Å². The van der Waals surface area contributed by atoms with Gasteiger partial charge in [-0.3, -0.25) is 9.78 Å². The molecule has 1 unspecified atom stereocenters. The van der Waals surface area contributed by atoms with E-state index >= 15 is 0 Å². The topological polar surface area (TPSA) is 92.9 Å². The van der Waals surface area contributed by atoms with Gasteiger partial charge in [-0.2, -0.15) is 4.98 Å². The molecule has 1 amide bonds. The van der Waals surface area contributed by atoms with Crippen LogP contribution in [0.25, 0.3) is 11.4 Å². The van der Waals surface area contributed by atoms with Gasteiger partial charge in [-0.25, -0.2) is 0 Å². The van der Waals surface area contributed by atoms with E-state index in [1.165, 1.54) is 11.1 Å². The van der Waals surface area contributed by atoms with Gasteiger partial charge in [-0.05, 0) is 67.6 Å². The summed E-state index contributed by atoms with van der Waals surface area (Å²) in [4.78, 5) is 21.8. The summed E-state index contributed by atoms with van der Waals surface area (Å²) in [5.41, 5.74) is 8.43. The fraction of sp³-hybridized carbons (Fsp3) is 0.364. The third-order valence-corrected chi connectivity index (χ3v) is 5.86. The summed E-state index contributed by atoms with van der Waals surface area (Å²) in [6.45, 7) is 7.77. The van der Waals surface area contributed by atoms with Crippen LogP contribution in [0.4, 0.5) is 5.69 Å². The average molecular weight is 426 g/mol. The van der Waals surface area contributed by atoms with Crippen LogP contribution < -0.4 is 10.6 Å². The van der Waals surface area contributed by atoms with E-state index in [-0.39, 0.29) is 24.2 Å². The summed E-state index contributed by atoms with van der Waals surface area (Å²) >= 11 is 0. The molecule has 0 fully saturated rings. The Morgan fingerprint density at radius 2 is 2.07 bits per heavy atom. The molecule has 156 valence electrons. The van der Waals surface area contributed by atoms with Crippen molar-refractivity contribution < 1.29 is 9.32 Å². The second-order valence-corrected chi connectivity index (χ2v) is 7.95. The quantitative estimate of drug-likeness (QED) is 0.668. The van der Waals surface area contributed by atoms with Gasteiger partial charge in [0.2, 0.25) is 17.6 Å². The number of anilines is 1. The Labute approximate surface area is 181 Å². The molecule has 0 aliphatic carbocycles. The number of benzene rings is 1. The Balaban J connectivity index is 0.00000218. The third-order valence-electron chi connectivity index (χ3n) is 5.86. The lowest BCUT2D eigenvalue weighted by Gasteiger charge is -2.19. The first-order valence-corrected chi connectivity index (χ1v) is 9.94. The summed E-state index contributed by atoms with van der Waals surface area (Å²) in [6, 6.07) is 4.11. The largest absolute Gasteiger partial charge is 0.339 e. The second-order valence-electron chi connectivity index (χ2n) is 7.95. The second kappa shape index (κ2) is 7.81. The molecule has 0 saturated carbocycles. The van der Waals surface area contributed by atoms with E-state index in [0.717, 1.165) is 53.1 Å². The van der Waals surface area contributed by atoms with Crippen molar-refractivity contribution in [2.45, 2.75) is 46.1 Å². The fourth-order valence-corrected chi connectivity index (χ4v) is 4.57. The van der Waals surface area contributed by atoms with Gasteiger partial charge in [0, 0.05) is 36.1 Å². The van der Waals surface area contributed by atoms with Crippen molar-refractivity contribution in [2.24, 2.45) is 0 Å². The minimum atomic E-state index is -0.313. The maximum absolute atomic E-state index is 12.6. The predicted molar refractivity (Wildman–Crippen MR) is 116 cm³/mol. The Bertz CT molecular complexity index is 1140. The lowest BCUT2D eigenvalue weighted by molar-refractivity contribution is -0.117. The normalized spacial score (nSPS) is 17.2. The van der Waals surface area contributed by atoms with Crippen molar-refractivity contribution in [1.82, 2.24) is 20.4 Å². The highest BCUT2D eigenvalue weighted by Gasteiger charge is 2.34. The summed E-state index contributed by atoms with van der Waals surface area (Å²) < 4.78 is 5.57. The highest BCUT2D eigenvalue weighted by Crippen LogP contribution is 2.38. The number of halogens is 1. The monoisotopic (exact) mass is 425 g/mol. The van der Waals surface area contributed by atoms with E-state index in [9.17, 15) is 4.79 Å². The summed E-state index contributed by atoms with van der Waals surface area (Å²) in [6.07, 6.45) is 3.22. The first-order chi connectivity index (χ1) is 14.0. The van der Waals surface area contributed by atoms with Crippen molar-refractivity contribution in [3.05, 3.63) is 57.7 Å². The first kappa shape index (κ1) is 20.5. The molecule has 5 rings (SSSR count). The molecule has 1 aromatic carbocycles. The number of carbonyl (C=O) groups excluding carboxylic acids is 1. The van der Waals surface area contributed by atoms with Crippen molar-refractivity contribution in [1.29, 1.82) is 0 Å². The first-order valence-electron chi connectivity index (χ1n) is 9.94. The van der Waals surface area contributed by atoms with E-state index in [1.54, 1.807) is 0 Å². The fourth-order valence-electron chi connectivity index (χ4n) is 4.57. The van der Waals surface area contributed by atoms with E-state index in [0.29, 0.717) is 18.1 Å². The predicted octanol–water partition coefficient (Wildman–Crippen LogP) is 3.40. The number of hydrogen-bond acceptors (Lipinski definition) is 6. The van der Waals surface area contributed by atoms with Crippen LogP contribution in [0, 0.1) is 20.8 Å². The molecular formula is C22H24ClN5O2. The Hall–Kier alpha value is -2.77. The van der Waals surface area contributed by atoms with E-state index in [1.807, 2.05) is 33.0 Å². The highest BCUT2D eigenvalue weighted by molar-refractivity contribution is 6.03. The molecular weight excluding hydrogens is 402 g/mol. The van der Waals surface area contributed by atoms with Crippen LogP contribution in [0.15, 0.2) is 22.9 Å². The Kier molecular flexibility index (Phi) is 5.34. The summed E-state index contributed by atoms with van der Waals surface area (Å²) in [7, 11) is 0. The molecule has 7 nitrogen and oxygen atoms in total. The maximum Gasteiger partial charge on any atom is 0.232 e. The number of fused-ring (bicyclic) bond motifs is 2. The molecule has 0 radical (unpaired) electrons. The molecule has 0 spiro atoms. The number of amides is 1. The maximum atomic E-state index is 12.6. The minimum Gasteiger partial charge on any atom is -0.339 e. The van der Waals surface area contributed by atoms with Gasteiger partial charge in [0.15, 0.2) is 0 Å². The molecule has 0 saturated heterocycles. The number of aryl methyl sites for hydroxylation is 3. The van der Waals surface area contributed by atoms with Crippen LogP contribution in [-0.4, -0.2) is 27.6 Å². The average Bonchev–Trinajstić information content (AvgIpc) is 3.26. The van der Waals surface area contributed by atoms with Gasteiger partial charge in [-0.1, -0.05) is 11.2 Å². The van der Waals surface area contributed by atoms with Gasteiger partial charge in [-0.15, -0.1) is 12.4 Å². The SMILES string of the molecule is Cc1cc(C)c2c(c1)NC(=O)C2Cc1nc(-c2c(C)ncc3c2CCNC3)no1.Cl. The zero-order chi connectivity index (χ0) is 20.1. The lowest BCUT2D eigenvalue weighted by Crippen LogP contribution is -2.24. The number of pyridine rings is 1. The molecule has 8 heteroatoms. The smallest absolute Gasteiger partial charge is 0.232 e. The highest BCUT2D eigenvalue weighted by atomic mass is 35.5. The number of nitrogens with one attached hydrogen (secondary N) is 2. The van der Waals surface area contributed by atoms with Crippen LogP contribution >= 0.6 is 12.4 Å². The molecule has 2 aliphatic rings. The molecule has 2 N–H and O–H groups in total.